The van der Waals surface area contributed by atoms with Gasteiger partial charge in [0.25, 0.3) is 0 Å². The van der Waals surface area contributed by atoms with Gasteiger partial charge in [-0.2, -0.15) is 0 Å². The lowest BCUT2D eigenvalue weighted by Crippen LogP contribution is -2.32. The minimum atomic E-state index is -0.300. The smallest absolute Gasteiger partial charge is 0.0834 e. The number of hydrogen-bond acceptors (Lipinski definition) is 3. The lowest BCUT2D eigenvalue weighted by atomic mass is 10.0. The van der Waals surface area contributed by atoms with Crippen LogP contribution in [-0.2, 0) is 4.74 Å². The second-order valence-corrected chi connectivity index (χ2v) is 5.59. The zero-order valence-electron chi connectivity index (χ0n) is 10.0. The maximum atomic E-state index is 10.0. The quantitative estimate of drug-likeness (QED) is 0.817. The SMILES string of the molecule is O[C@H](CCSc1ccccc1)[C@@H]1CCCCO1. The van der Waals surface area contributed by atoms with Gasteiger partial charge >= 0.3 is 0 Å². The summed E-state index contributed by atoms with van der Waals surface area (Å²) in [6.07, 6.45) is 3.92. The van der Waals surface area contributed by atoms with Crippen LogP contribution in [0.1, 0.15) is 25.7 Å². The lowest BCUT2D eigenvalue weighted by Gasteiger charge is -2.26. The van der Waals surface area contributed by atoms with E-state index in [9.17, 15) is 5.11 Å². The van der Waals surface area contributed by atoms with Gasteiger partial charge in [0.15, 0.2) is 0 Å². The molecule has 1 heterocycles. The second-order valence-electron chi connectivity index (χ2n) is 4.42. The predicted octanol–water partition coefficient (Wildman–Crippen LogP) is 3.10. The van der Waals surface area contributed by atoms with Gasteiger partial charge in [0.1, 0.15) is 0 Å². The summed E-state index contributed by atoms with van der Waals surface area (Å²) in [6.45, 7) is 0.813. The Labute approximate surface area is 107 Å². The molecule has 1 N–H and O–H groups in total. The van der Waals surface area contributed by atoms with Gasteiger partial charge in [0, 0.05) is 17.3 Å². The molecule has 1 fully saturated rings. The lowest BCUT2D eigenvalue weighted by molar-refractivity contribution is -0.0621. The van der Waals surface area contributed by atoms with Gasteiger partial charge in [-0.1, -0.05) is 18.2 Å². The van der Waals surface area contributed by atoms with E-state index in [4.69, 9.17) is 4.74 Å². The molecule has 0 unspecified atom stereocenters. The fourth-order valence-electron chi connectivity index (χ4n) is 2.07. The maximum Gasteiger partial charge on any atom is 0.0834 e. The van der Waals surface area contributed by atoms with E-state index in [1.807, 2.05) is 18.2 Å². The molecule has 17 heavy (non-hydrogen) atoms. The van der Waals surface area contributed by atoms with E-state index in [0.717, 1.165) is 31.6 Å². The first-order chi connectivity index (χ1) is 8.36. The summed E-state index contributed by atoms with van der Waals surface area (Å²) < 4.78 is 5.58. The van der Waals surface area contributed by atoms with Crippen LogP contribution in [-0.4, -0.2) is 29.7 Å². The molecule has 1 aliphatic heterocycles. The number of thioether (sulfide) groups is 1. The third-order valence-corrected chi connectivity index (χ3v) is 4.11. The summed E-state index contributed by atoms with van der Waals surface area (Å²) in [5.74, 6) is 0.949. The van der Waals surface area contributed by atoms with Crippen molar-refractivity contribution < 1.29 is 9.84 Å². The molecule has 2 nitrogen and oxygen atoms in total. The van der Waals surface area contributed by atoms with Crippen molar-refractivity contribution in [3.8, 4) is 0 Å². The van der Waals surface area contributed by atoms with E-state index >= 15 is 0 Å². The van der Waals surface area contributed by atoms with Gasteiger partial charge in [0.05, 0.1) is 12.2 Å². The van der Waals surface area contributed by atoms with Crippen LogP contribution in [0.5, 0.6) is 0 Å². The second kappa shape index (κ2) is 7.04. The third-order valence-electron chi connectivity index (χ3n) is 3.07. The molecule has 0 bridgehead atoms. The van der Waals surface area contributed by atoms with Gasteiger partial charge in [-0.25, -0.2) is 0 Å². The van der Waals surface area contributed by atoms with E-state index in [2.05, 4.69) is 12.1 Å². The molecule has 1 aromatic carbocycles. The van der Waals surface area contributed by atoms with Gasteiger partial charge in [-0.05, 0) is 37.8 Å². The maximum absolute atomic E-state index is 10.0. The van der Waals surface area contributed by atoms with Gasteiger partial charge in [0.2, 0.25) is 0 Å². The van der Waals surface area contributed by atoms with E-state index in [1.165, 1.54) is 11.3 Å². The summed E-state index contributed by atoms with van der Waals surface area (Å²) in [7, 11) is 0. The molecule has 1 aromatic rings. The minimum Gasteiger partial charge on any atom is -0.390 e. The monoisotopic (exact) mass is 252 g/mol. The number of hydrogen-bond donors (Lipinski definition) is 1. The molecule has 2 atom stereocenters. The fraction of sp³-hybridized carbons (Fsp3) is 0.571. The summed E-state index contributed by atoms with van der Waals surface area (Å²) in [4.78, 5) is 1.27. The van der Waals surface area contributed by atoms with Crippen molar-refractivity contribution in [2.45, 2.75) is 42.8 Å². The zero-order chi connectivity index (χ0) is 11.9. The Morgan fingerprint density at radius 2 is 2.12 bits per heavy atom. The largest absolute Gasteiger partial charge is 0.390 e. The Kier molecular flexibility index (Phi) is 5.36. The Bertz CT molecular complexity index is 309. The molecule has 2 rings (SSSR count). The highest BCUT2D eigenvalue weighted by Crippen LogP contribution is 2.22. The van der Waals surface area contributed by atoms with Gasteiger partial charge in [-0.3, -0.25) is 0 Å². The molecule has 0 saturated carbocycles. The van der Waals surface area contributed by atoms with Crippen LogP contribution in [0.4, 0.5) is 0 Å². The number of benzene rings is 1. The molecule has 0 aromatic heterocycles. The molecule has 1 aliphatic rings. The molecule has 3 heteroatoms. The van der Waals surface area contributed by atoms with Gasteiger partial charge < -0.3 is 9.84 Å². The molecule has 1 saturated heterocycles. The van der Waals surface area contributed by atoms with E-state index in [-0.39, 0.29) is 12.2 Å². The number of rotatable bonds is 5. The van der Waals surface area contributed by atoms with Crippen LogP contribution < -0.4 is 0 Å². The van der Waals surface area contributed by atoms with Crippen molar-refractivity contribution in [1.82, 2.24) is 0 Å². The van der Waals surface area contributed by atoms with Crippen molar-refractivity contribution in [1.29, 1.82) is 0 Å². The van der Waals surface area contributed by atoms with E-state index in [0.29, 0.717) is 0 Å². The van der Waals surface area contributed by atoms with Gasteiger partial charge in [-0.15, -0.1) is 11.8 Å². The Morgan fingerprint density at radius 3 is 2.82 bits per heavy atom. The summed E-state index contributed by atoms with van der Waals surface area (Å²) in [5, 5.41) is 10.0. The Balaban J connectivity index is 1.67. The first-order valence-corrected chi connectivity index (χ1v) is 7.32. The first kappa shape index (κ1) is 12.9. The van der Waals surface area contributed by atoms with E-state index in [1.54, 1.807) is 11.8 Å². The molecule has 94 valence electrons. The van der Waals surface area contributed by atoms with E-state index < -0.39 is 0 Å². The summed E-state index contributed by atoms with van der Waals surface area (Å²) in [6, 6.07) is 10.3. The Hall–Kier alpha value is -0.510. The number of ether oxygens (including phenoxy) is 1. The van der Waals surface area contributed by atoms with Crippen LogP contribution in [0, 0.1) is 0 Å². The van der Waals surface area contributed by atoms with Crippen LogP contribution in [0.3, 0.4) is 0 Å². The highest BCUT2D eigenvalue weighted by atomic mass is 32.2. The molecular weight excluding hydrogens is 232 g/mol. The highest BCUT2D eigenvalue weighted by Gasteiger charge is 2.21. The standard InChI is InChI=1S/C14H20O2S/c15-13(14-8-4-5-10-16-14)9-11-17-12-6-2-1-3-7-12/h1-3,6-7,13-15H,4-5,8-11H2/t13-,14+/m1/s1. The Morgan fingerprint density at radius 1 is 1.29 bits per heavy atom. The van der Waals surface area contributed by atoms with Crippen molar-refractivity contribution in [3.05, 3.63) is 30.3 Å². The molecule has 0 radical (unpaired) electrons. The molecule has 0 aliphatic carbocycles. The topological polar surface area (TPSA) is 29.5 Å². The zero-order valence-corrected chi connectivity index (χ0v) is 10.9. The van der Waals surface area contributed by atoms with Crippen molar-refractivity contribution >= 4 is 11.8 Å². The van der Waals surface area contributed by atoms with Crippen LogP contribution >= 0.6 is 11.8 Å². The third kappa shape index (κ3) is 4.34. The average molecular weight is 252 g/mol. The predicted molar refractivity (Wildman–Crippen MR) is 71.4 cm³/mol. The molecule has 0 spiro atoms. The summed E-state index contributed by atoms with van der Waals surface area (Å²) in [5.41, 5.74) is 0. The van der Waals surface area contributed by atoms with Crippen molar-refractivity contribution in [2.24, 2.45) is 0 Å². The normalized spacial score (nSPS) is 22.3. The van der Waals surface area contributed by atoms with Crippen LogP contribution in [0.15, 0.2) is 35.2 Å². The molecule has 0 amide bonds. The first-order valence-electron chi connectivity index (χ1n) is 6.34. The fourth-order valence-corrected chi connectivity index (χ4v) is 3.01. The molecular formula is C14H20O2S. The highest BCUT2D eigenvalue weighted by molar-refractivity contribution is 7.99. The van der Waals surface area contributed by atoms with Crippen LogP contribution in [0.25, 0.3) is 0 Å². The van der Waals surface area contributed by atoms with Crippen LogP contribution in [0.2, 0.25) is 0 Å². The minimum absolute atomic E-state index is 0.0696. The van der Waals surface area contributed by atoms with Crippen molar-refractivity contribution in [3.63, 3.8) is 0 Å². The summed E-state index contributed by atoms with van der Waals surface area (Å²) >= 11 is 1.80. The number of aliphatic hydroxyl groups excluding tert-OH is 1. The average Bonchev–Trinajstić information content (AvgIpc) is 2.41. The van der Waals surface area contributed by atoms with Crippen molar-refractivity contribution in [2.75, 3.05) is 12.4 Å². The number of aliphatic hydroxyl groups is 1.